The lowest BCUT2D eigenvalue weighted by Crippen LogP contribution is -2.45. The van der Waals surface area contributed by atoms with Gasteiger partial charge in [0.15, 0.2) is 0 Å². The number of likely N-dealkylation sites (N-methyl/N-ethyl adjacent to an activating group) is 1. The largest absolute Gasteiger partial charge is 0.353 e. The Morgan fingerprint density at radius 2 is 1.93 bits per heavy atom. The molecule has 3 heterocycles. The fourth-order valence-electron chi connectivity index (χ4n) is 3.73. The summed E-state index contributed by atoms with van der Waals surface area (Å²) in [6.07, 6.45) is 2.71. The van der Waals surface area contributed by atoms with Crippen LogP contribution in [0.15, 0.2) is 34.3 Å². The fraction of sp³-hybridized carbons (Fsp3) is 0.476. The van der Waals surface area contributed by atoms with Gasteiger partial charge in [0.25, 0.3) is 0 Å². The summed E-state index contributed by atoms with van der Waals surface area (Å²) in [5.74, 6) is 2.04. The van der Waals surface area contributed by atoms with Crippen LogP contribution in [-0.4, -0.2) is 73.8 Å². The van der Waals surface area contributed by atoms with Gasteiger partial charge in [-0.05, 0) is 31.5 Å². The topological polar surface area (TPSA) is 47.3 Å². The Hall–Kier alpha value is -2.18. The fourth-order valence-corrected chi connectivity index (χ4v) is 4.00. The highest BCUT2D eigenvalue weighted by atomic mass is 35.5. The minimum absolute atomic E-state index is 0.0291. The number of aromatic nitrogens is 1. The van der Waals surface area contributed by atoms with Crippen molar-refractivity contribution < 1.29 is 0 Å². The number of fused-ring (bicyclic) bond motifs is 1. The average Bonchev–Trinajstić information content (AvgIpc) is 2.69. The predicted octanol–water partition coefficient (Wildman–Crippen LogP) is 3.46. The average molecular weight is 399 g/mol. The van der Waals surface area contributed by atoms with E-state index in [2.05, 4.69) is 45.8 Å². The zero-order valence-electron chi connectivity index (χ0n) is 16.8. The molecule has 0 saturated carbocycles. The first-order chi connectivity index (χ1) is 13.5. The number of anilines is 1. The van der Waals surface area contributed by atoms with Gasteiger partial charge in [0.2, 0.25) is 0 Å². The van der Waals surface area contributed by atoms with E-state index in [-0.39, 0.29) is 6.04 Å². The van der Waals surface area contributed by atoms with Gasteiger partial charge in [0.05, 0.1) is 16.8 Å². The molecule has 1 aromatic heterocycles. The maximum Gasteiger partial charge on any atom is 0.138 e. The van der Waals surface area contributed by atoms with Crippen molar-refractivity contribution in [1.82, 2.24) is 14.8 Å². The Morgan fingerprint density at radius 1 is 1.14 bits per heavy atom. The van der Waals surface area contributed by atoms with Crippen LogP contribution in [0.2, 0.25) is 5.02 Å². The Kier molecular flexibility index (Phi) is 5.51. The number of aliphatic imine (C=N–C) groups is 2. The first-order valence-corrected chi connectivity index (χ1v) is 10.2. The molecular formula is C21H27ClN6. The number of hydrogen-bond acceptors (Lipinski definition) is 5. The number of benzene rings is 1. The molecule has 148 valence electrons. The van der Waals surface area contributed by atoms with Crippen LogP contribution in [0.3, 0.4) is 0 Å². The second kappa shape index (κ2) is 8.05. The minimum Gasteiger partial charge on any atom is -0.353 e. The molecule has 0 N–H and O–H groups in total. The van der Waals surface area contributed by atoms with Crippen molar-refractivity contribution in [3.63, 3.8) is 0 Å². The van der Waals surface area contributed by atoms with E-state index in [4.69, 9.17) is 21.6 Å². The van der Waals surface area contributed by atoms with Gasteiger partial charge in [-0.3, -0.25) is 9.98 Å². The Bertz CT molecular complexity index is 916. The molecule has 0 spiro atoms. The molecule has 2 aliphatic heterocycles. The number of halogens is 1. The molecule has 0 amide bonds. The standard InChI is InChI=1S/C21H27ClN6/c1-15(24-19-7-8-23-14-27(19)3)18-13-16-5-4-6-17(22)20(16)21(25-18)28-11-9-26(2)10-12-28/h4-6,8,13,15H,7,9-12,14H2,1-3H3. The molecule has 2 aliphatic rings. The van der Waals surface area contributed by atoms with E-state index in [1.807, 2.05) is 25.4 Å². The maximum absolute atomic E-state index is 6.59. The number of hydrogen-bond donors (Lipinski definition) is 0. The van der Waals surface area contributed by atoms with Gasteiger partial charge in [-0.1, -0.05) is 23.7 Å². The zero-order chi connectivity index (χ0) is 19.7. The highest BCUT2D eigenvalue weighted by Crippen LogP contribution is 2.34. The van der Waals surface area contributed by atoms with Crippen molar-refractivity contribution in [2.45, 2.75) is 19.4 Å². The smallest absolute Gasteiger partial charge is 0.138 e. The highest BCUT2D eigenvalue weighted by molar-refractivity contribution is 6.36. The van der Waals surface area contributed by atoms with E-state index in [1.165, 1.54) is 0 Å². The third kappa shape index (κ3) is 3.84. The summed E-state index contributed by atoms with van der Waals surface area (Å²) in [6.45, 7) is 6.74. The number of piperazine rings is 1. The second-order valence-electron chi connectivity index (χ2n) is 7.63. The molecule has 1 aromatic carbocycles. The van der Waals surface area contributed by atoms with Crippen molar-refractivity contribution >= 4 is 40.2 Å². The van der Waals surface area contributed by atoms with E-state index in [0.29, 0.717) is 6.67 Å². The second-order valence-corrected chi connectivity index (χ2v) is 8.04. The predicted molar refractivity (Wildman–Crippen MR) is 118 cm³/mol. The first-order valence-electron chi connectivity index (χ1n) is 9.81. The van der Waals surface area contributed by atoms with E-state index < -0.39 is 0 Å². The molecule has 0 bridgehead atoms. The summed E-state index contributed by atoms with van der Waals surface area (Å²) in [5.41, 5.74) is 0.979. The first kappa shape index (κ1) is 19.2. The summed E-state index contributed by atoms with van der Waals surface area (Å²) >= 11 is 6.59. The van der Waals surface area contributed by atoms with Crippen LogP contribution >= 0.6 is 11.6 Å². The van der Waals surface area contributed by atoms with Crippen LogP contribution in [0.25, 0.3) is 10.8 Å². The molecule has 1 atom stereocenters. The Labute approximate surface area is 171 Å². The van der Waals surface area contributed by atoms with Gasteiger partial charge in [-0.15, -0.1) is 0 Å². The molecule has 6 nitrogen and oxygen atoms in total. The van der Waals surface area contributed by atoms with Crippen molar-refractivity contribution in [1.29, 1.82) is 0 Å². The summed E-state index contributed by atoms with van der Waals surface area (Å²) < 4.78 is 0. The van der Waals surface area contributed by atoms with Crippen LogP contribution in [-0.2, 0) is 0 Å². The van der Waals surface area contributed by atoms with Crippen LogP contribution < -0.4 is 4.90 Å². The number of pyridine rings is 1. The van der Waals surface area contributed by atoms with Gasteiger partial charge in [0.1, 0.15) is 18.3 Å². The molecule has 4 rings (SSSR count). The number of nitrogens with zero attached hydrogens (tertiary/aromatic N) is 6. The molecule has 28 heavy (non-hydrogen) atoms. The molecule has 0 radical (unpaired) electrons. The molecule has 1 fully saturated rings. The SMILES string of the molecule is CC(N=C1CC=NCN1C)c1cc2cccc(Cl)c2c(N2CCN(C)CC2)n1. The van der Waals surface area contributed by atoms with E-state index in [1.54, 1.807) is 0 Å². The quantitative estimate of drug-likeness (QED) is 0.794. The maximum atomic E-state index is 6.59. The van der Waals surface area contributed by atoms with Gasteiger partial charge in [-0.25, -0.2) is 4.98 Å². The molecule has 1 unspecified atom stereocenters. The van der Waals surface area contributed by atoms with E-state index in [9.17, 15) is 0 Å². The lowest BCUT2D eigenvalue weighted by molar-refractivity contribution is 0.312. The normalized spacial score (nSPS) is 20.9. The van der Waals surface area contributed by atoms with Crippen molar-refractivity contribution in [3.05, 3.63) is 35.0 Å². The molecular weight excluding hydrogens is 372 g/mol. The molecule has 1 saturated heterocycles. The summed E-state index contributed by atoms with van der Waals surface area (Å²) in [4.78, 5) is 21.1. The van der Waals surface area contributed by atoms with Crippen molar-refractivity contribution in [2.24, 2.45) is 9.98 Å². The van der Waals surface area contributed by atoms with Gasteiger partial charge >= 0.3 is 0 Å². The van der Waals surface area contributed by atoms with Gasteiger partial charge in [-0.2, -0.15) is 0 Å². The van der Waals surface area contributed by atoms with E-state index in [0.717, 1.165) is 65.7 Å². The van der Waals surface area contributed by atoms with E-state index >= 15 is 0 Å². The number of rotatable bonds is 3. The summed E-state index contributed by atoms with van der Waals surface area (Å²) in [6, 6.07) is 8.17. The van der Waals surface area contributed by atoms with Crippen LogP contribution in [0.1, 0.15) is 25.1 Å². The Morgan fingerprint density at radius 3 is 2.68 bits per heavy atom. The highest BCUT2D eigenvalue weighted by Gasteiger charge is 2.21. The molecule has 0 aliphatic carbocycles. The van der Waals surface area contributed by atoms with Crippen LogP contribution in [0.5, 0.6) is 0 Å². The van der Waals surface area contributed by atoms with Crippen molar-refractivity contribution in [3.8, 4) is 0 Å². The third-order valence-electron chi connectivity index (χ3n) is 5.52. The Balaban J connectivity index is 1.75. The summed E-state index contributed by atoms with van der Waals surface area (Å²) in [5, 5.41) is 2.92. The lowest BCUT2D eigenvalue weighted by atomic mass is 10.1. The van der Waals surface area contributed by atoms with Crippen molar-refractivity contribution in [2.75, 3.05) is 51.8 Å². The molecule has 7 heteroatoms. The van der Waals surface area contributed by atoms with Gasteiger partial charge < -0.3 is 14.7 Å². The van der Waals surface area contributed by atoms with Gasteiger partial charge in [0, 0.05) is 51.2 Å². The third-order valence-corrected chi connectivity index (χ3v) is 5.83. The van der Waals surface area contributed by atoms with Crippen LogP contribution in [0.4, 0.5) is 5.82 Å². The summed E-state index contributed by atoms with van der Waals surface area (Å²) in [7, 11) is 4.19. The monoisotopic (exact) mass is 398 g/mol. The minimum atomic E-state index is -0.0291. The number of amidine groups is 1. The van der Waals surface area contributed by atoms with Crippen LogP contribution in [0, 0.1) is 0 Å². The lowest BCUT2D eigenvalue weighted by Gasteiger charge is -2.34. The molecule has 2 aromatic rings. The zero-order valence-corrected chi connectivity index (χ0v) is 17.5.